The highest BCUT2D eigenvalue weighted by molar-refractivity contribution is 6.52. The molecule has 1 saturated heterocycles. The Morgan fingerprint density at radius 1 is 0.971 bits per heavy atom. The van der Waals surface area contributed by atoms with Crippen LogP contribution in [0.1, 0.15) is 31.0 Å². The zero-order valence-corrected chi connectivity index (χ0v) is 19.1. The average Bonchev–Trinajstić information content (AvgIpc) is 3.09. The zero-order chi connectivity index (χ0) is 24.4. The molecule has 4 rings (SSSR count). The van der Waals surface area contributed by atoms with Crippen LogP contribution in [-0.2, 0) is 9.59 Å². The van der Waals surface area contributed by atoms with Crippen molar-refractivity contribution in [3.63, 3.8) is 0 Å². The molecule has 7 heteroatoms. The molecule has 174 valence electrons. The van der Waals surface area contributed by atoms with Gasteiger partial charge in [-0.2, -0.15) is 0 Å². The van der Waals surface area contributed by atoms with Crippen LogP contribution < -0.4 is 14.4 Å². The predicted molar refractivity (Wildman–Crippen MR) is 128 cm³/mol. The number of carbonyl (C=O) groups is 2. The fourth-order valence-electron chi connectivity index (χ4n) is 4.08. The quantitative estimate of drug-likeness (QED) is 0.312. The Morgan fingerprint density at radius 2 is 1.68 bits per heavy atom. The van der Waals surface area contributed by atoms with E-state index >= 15 is 0 Å². The minimum Gasteiger partial charge on any atom is -0.507 e. The van der Waals surface area contributed by atoms with Gasteiger partial charge in [0.15, 0.2) is 0 Å². The van der Waals surface area contributed by atoms with Crippen molar-refractivity contribution in [2.24, 2.45) is 0 Å². The number of hydrogen-bond donors (Lipinski definition) is 2. The number of aromatic hydroxyl groups is 1. The Hall–Kier alpha value is -4.26. The third-order valence-electron chi connectivity index (χ3n) is 5.50. The third kappa shape index (κ3) is 4.08. The van der Waals surface area contributed by atoms with E-state index in [1.165, 1.54) is 18.1 Å². The van der Waals surface area contributed by atoms with E-state index in [1.54, 1.807) is 66.7 Å². The Bertz CT molecular complexity index is 1280. The number of ketones is 1. The number of phenolic OH excluding ortho intramolecular Hbond substituents is 1. The number of para-hydroxylation sites is 3. The molecule has 0 radical (unpaired) electrons. The van der Waals surface area contributed by atoms with Gasteiger partial charge >= 0.3 is 0 Å². The van der Waals surface area contributed by atoms with Gasteiger partial charge in [-0.1, -0.05) is 42.5 Å². The lowest BCUT2D eigenvalue weighted by Crippen LogP contribution is -2.29. The molecule has 3 aromatic carbocycles. The first-order chi connectivity index (χ1) is 16.3. The lowest BCUT2D eigenvalue weighted by molar-refractivity contribution is -0.132. The number of aliphatic hydroxyl groups is 1. The van der Waals surface area contributed by atoms with Gasteiger partial charge in [0.2, 0.25) is 0 Å². The summed E-state index contributed by atoms with van der Waals surface area (Å²) in [5.74, 6) is -1.31. The average molecular weight is 459 g/mol. The number of methoxy groups -OCH3 is 1. The molecule has 1 unspecified atom stereocenters. The molecule has 1 fully saturated rings. The van der Waals surface area contributed by atoms with Gasteiger partial charge in [-0.15, -0.1) is 0 Å². The summed E-state index contributed by atoms with van der Waals surface area (Å²) in [5.41, 5.74) is 0.854. The fraction of sp³-hybridized carbons (Fsp3) is 0.185. The SMILES string of the molecule is COc1ccccc1C1/C(=C(\O)c2cccc(OC(C)C)c2)C(=O)C(=O)N1c1ccccc1O. The highest BCUT2D eigenvalue weighted by atomic mass is 16.5. The molecule has 1 heterocycles. The number of nitrogens with zero attached hydrogens (tertiary/aromatic N) is 1. The third-order valence-corrected chi connectivity index (χ3v) is 5.50. The molecule has 3 aromatic rings. The number of phenols is 1. The summed E-state index contributed by atoms with van der Waals surface area (Å²) in [6.07, 6.45) is -0.0855. The van der Waals surface area contributed by atoms with Crippen LogP contribution in [0.2, 0.25) is 0 Å². The Balaban J connectivity index is 1.96. The summed E-state index contributed by atoms with van der Waals surface area (Å²) in [6, 6.07) is 18.8. The van der Waals surface area contributed by atoms with Gasteiger partial charge in [-0.3, -0.25) is 14.5 Å². The summed E-state index contributed by atoms with van der Waals surface area (Å²) in [7, 11) is 1.48. The largest absolute Gasteiger partial charge is 0.507 e. The van der Waals surface area contributed by atoms with Crippen LogP contribution >= 0.6 is 0 Å². The van der Waals surface area contributed by atoms with Gasteiger partial charge in [-0.05, 0) is 44.2 Å². The van der Waals surface area contributed by atoms with Crippen molar-refractivity contribution in [3.05, 3.63) is 89.5 Å². The van der Waals surface area contributed by atoms with Crippen LogP contribution in [0.5, 0.6) is 17.2 Å². The van der Waals surface area contributed by atoms with Gasteiger partial charge in [0, 0.05) is 11.1 Å². The number of ether oxygens (including phenoxy) is 2. The molecule has 0 bridgehead atoms. The lowest BCUT2D eigenvalue weighted by Gasteiger charge is -2.27. The van der Waals surface area contributed by atoms with Crippen LogP contribution in [0.15, 0.2) is 78.4 Å². The predicted octanol–water partition coefficient (Wildman–Crippen LogP) is 4.81. The standard InChI is InChI=1S/C27H25NO6/c1-16(2)34-18-10-8-9-17(15-18)25(30)23-24(19-11-4-7-14-22(19)33-3)28(27(32)26(23)31)20-12-5-6-13-21(20)29/h4-16,24,29-30H,1-3H3/b25-23+. The van der Waals surface area contributed by atoms with E-state index in [0.717, 1.165) is 0 Å². The highest BCUT2D eigenvalue weighted by Crippen LogP contribution is 2.46. The summed E-state index contributed by atoms with van der Waals surface area (Å²) >= 11 is 0. The number of anilines is 1. The molecule has 7 nitrogen and oxygen atoms in total. The van der Waals surface area contributed by atoms with Gasteiger partial charge in [0.05, 0.1) is 30.5 Å². The number of rotatable bonds is 6. The molecule has 0 aliphatic carbocycles. The highest BCUT2D eigenvalue weighted by Gasteiger charge is 2.48. The first-order valence-electron chi connectivity index (χ1n) is 10.8. The van der Waals surface area contributed by atoms with Crippen LogP contribution in [0, 0.1) is 0 Å². The van der Waals surface area contributed by atoms with Crippen LogP contribution in [-0.4, -0.2) is 35.1 Å². The maximum atomic E-state index is 13.3. The summed E-state index contributed by atoms with van der Waals surface area (Å²) in [6.45, 7) is 3.76. The van der Waals surface area contributed by atoms with Crippen molar-refractivity contribution < 1.29 is 29.3 Å². The maximum absolute atomic E-state index is 13.3. The van der Waals surface area contributed by atoms with E-state index in [-0.39, 0.29) is 28.9 Å². The van der Waals surface area contributed by atoms with Gasteiger partial charge in [-0.25, -0.2) is 0 Å². The summed E-state index contributed by atoms with van der Waals surface area (Å²) in [5, 5.41) is 21.8. The van der Waals surface area contributed by atoms with Crippen molar-refractivity contribution in [2.75, 3.05) is 12.0 Å². The molecule has 2 N–H and O–H groups in total. The van der Waals surface area contributed by atoms with Crippen molar-refractivity contribution >= 4 is 23.1 Å². The maximum Gasteiger partial charge on any atom is 0.300 e. The van der Waals surface area contributed by atoms with Crippen LogP contribution in [0.25, 0.3) is 5.76 Å². The number of amides is 1. The number of carbonyl (C=O) groups excluding carboxylic acids is 2. The van der Waals surface area contributed by atoms with Crippen LogP contribution in [0.4, 0.5) is 5.69 Å². The summed E-state index contributed by atoms with van der Waals surface area (Å²) in [4.78, 5) is 27.7. The van der Waals surface area contributed by atoms with E-state index in [0.29, 0.717) is 22.6 Å². The van der Waals surface area contributed by atoms with E-state index < -0.39 is 17.7 Å². The molecular weight excluding hydrogens is 434 g/mol. The van der Waals surface area contributed by atoms with E-state index in [9.17, 15) is 19.8 Å². The zero-order valence-electron chi connectivity index (χ0n) is 19.1. The van der Waals surface area contributed by atoms with E-state index in [2.05, 4.69) is 0 Å². The first kappa shape index (κ1) is 22.9. The molecule has 1 aliphatic heterocycles. The number of benzene rings is 3. The smallest absolute Gasteiger partial charge is 0.300 e. The van der Waals surface area contributed by atoms with Crippen molar-refractivity contribution in [2.45, 2.75) is 26.0 Å². The molecule has 34 heavy (non-hydrogen) atoms. The van der Waals surface area contributed by atoms with Crippen molar-refractivity contribution in [1.29, 1.82) is 0 Å². The number of hydrogen-bond acceptors (Lipinski definition) is 6. The lowest BCUT2D eigenvalue weighted by atomic mass is 9.94. The van der Waals surface area contributed by atoms with Gasteiger partial charge in [0.25, 0.3) is 11.7 Å². The molecule has 0 saturated carbocycles. The molecule has 1 aliphatic rings. The second-order valence-electron chi connectivity index (χ2n) is 8.09. The molecule has 1 amide bonds. The van der Waals surface area contributed by atoms with Gasteiger partial charge < -0.3 is 19.7 Å². The van der Waals surface area contributed by atoms with E-state index in [1.807, 2.05) is 13.8 Å². The molecular formula is C27H25NO6. The monoisotopic (exact) mass is 459 g/mol. The topological polar surface area (TPSA) is 96.3 Å². The second-order valence-corrected chi connectivity index (χ2v) is 8.09. The number of aliphatic hydroxyl groups excluding tert-OH is 1. The molecule has 0 spiro atoms. The van der Waals surface area contributed by atoms with E-state index in [4.69, 9.17) is 9.47 Å². The molecule has 1 atom stereocenters. The van der Waals surface area contributed by atoms with Crippen molar-refractivity contribution in [1.82, 2.24) is 0 Å². The fourth-order valence-corrected chi connectivity index (χ4v) is 4.08. The molecule has 0 aromatic heterocycles. The van der Waals surface area contributed by atoms with Crippen molar-refractivity contribution in [3.8, 4) is 17.2 Å². The van der Waals surface area contributed by atoms with Crippen LogP contribution in [0.3, 0.4) is 0 Å². The first-order valence-corrected chi connectivity index (χ1v) is 10.8. The normalized spacial score (nSPS) is 17.3. The summed E-state index contributed by atoms with van der Waals surface area (Å²) < 4.78 is 11.2. The minimum absolute atomic E-state index is 0.0855. The minimum atomic E-state index is -1.03. The number of Topliss-reactive ketones (excluding diaryl/α,β-unsaturated/α-hetero) is 1. The Morgan fingerprint density at radius 3 is 2.38 bits per heavy atom. The Kier molecular flexibility index (Phi) is 6.27. The van der Waals surface area contributed by atoms with Gasteiger partial charge in [0.1, 0.15) is 23.0 Å². The Labute approximate surface area is 197 Å². The second kappa shape index (κ2) is 9.31.